The number of hydrogen-bond acceptors (Lipinski definition) is 7. The maximum absolute atomic E-state index is 12.7. The van der Waals surface area contributed by atoms with E-state index in [1.54, 1.807) is 0 Å². The molecule has 4 saturated carbocycles. The standard InChI is InChI=1S/C20H27N5OS2/c1-11(20-6-12-3-13(7-20)5-14(4-12)8-20)23-16(26)10-28-18-15(9-21)17(27-2)24-19(22)25-18/h11-14H,3-8,10H2,1-2H3,(H,23,26)(H2,22,24,25). The fourth-order valence-corrected chi connectivity index (χ4v) is 7.45. The highest BCUT2D eigenvalue weighted by atomic mass is 32.2. The van der Waals surface area contributed by atoms with Crippen LogP contribution in [0, 0.1) is 34.5 Å². The summed E-state index contributed by atoms with van der Waals surface area (Å²) in [6.07, 6.45) is 9.86. The van der Waals surface area contributed by atoms with Crippen LogP contribution in [0.4, 0.5) is 5.95 Å². The highest BCUT2D eigenvalue weighted by Gasteiger charge is 2.53. The van der Waals surface area contributed by atoms with E-state index in [-0.39, 0.29) is 29.1 Å². The van der Waals surface area contributed by atoms with Crippen molar-refractivity contribution in [2.45, 2.75) is 61.5 Å². The summed E-state index contributed by atoms with van der Waals surface area (Å²) >= 11 is 2.62. The first kappa shape index (κ1) is 19.8. The summed E-state index contributed by atoms with van der Waals surface area (Å²) in [5.74, 6) is 2.97. The fraction of sp³-hybridized carbons (Fsp3) is 0.700. The van der Waals surface area contributed by atoms with E-state index < -0.39 is 0 Å². The first-order valence-corrected chi connectivity index (χ1v) is 12.2. The number of nitrogens with zero attached hydrogens (tertiary/aromatic N) is 3. The van der Waals surface area contributed by atoms with E-state index in [0.717, 1.165) is 17.8 Å². The van der Waals surface area contributed by atoms with Crippen LogP contribution in [-0.2, 0) is 4.79 Å². The van der Waals surface area contributed by atoms with Crippen LogP contribution in [0.15, 0.2) is 10.1 Å². The number of hydrogen-bond donors (Lipinski definition) is 2. The molecule has 5 rings (SSSR count). The topological polar surface area (TPSA) is 105 Å². The average molecular weight is 418 g/mol. The van der Waals surface area contributed by atoms with Gasteiger partial charge in [0.05, 0.1) is 5.75 Å². The largest absolute Gasteiger partial charge is 0.368 e. The highest BCUT2D eigenvalue weighted by molar-refractivity contribution is 8.00. The Morgan fingerprint density at radius 3 is 2.36 bits per heavy atom. The normalized spacial score (nSPS) is 31.4. The third-order valence-electron chi connectivity index (χ3n) is 6.89. The monoisotopic (exact) mass is 417 g/mol. The Labute approximate surface area is 174 Å². The van der Waals surface area contributed by atoms with Crippen LogP contribution in [0.5, 0.6) is 0 Å². The van der Waals surface area contributed by atoms with E-state index in [1.807, 2.05) is 6.26 Å². The van der Waals surface area contributed by atoms with Gasteiger partial charge in [-0.15, -0.1) is 11.8 Å². The molecule has 1 aromatic heterocycles. The minimum Gasteiger partial charge on any atom is -0.368 e. The first-order valence-electron chi connectivity index (χ1n) is 9.96. The summed E-state index contributed by atoms with van der Waals surface area (Å²) in [6.45, 7) is 2.19. The molecular formula is C20H27N5OS2. The Balaban J connectivity index is 1.39. The maximum Gasteiger partial charge on any atom is 0.230 e. The molecule has 4 bridgehead atoms. The lowest BCUT2D eigenvalue weighted by Gasteiger charge is -2.59. The van der Waals surface area contributed by atoms with E-state index >= 15 is 0 Å². The number of nitrogens with one attached hydrogen (secondary N) is 1. The molecule has 0 aliphatic heterocycles. The number of rotatable bonds is 6. The molecule has 3 N–H and O–H groups in total. The number of aromatic nitrogens is 2. The summed E-state index contributed by atoms with van der Waals surface area (Å²) in [5.41, 5.74) is 6.44. The Hall–Kier alpha value is -1.46. The summed E-state index contributed by atoms with van der Waals surface area (Å²) < 4.78 is 0. The van der Waals surface area contributed by atoms with Gasteiger partial charge in [-0.05, 0) is 74.9 Å². The minimum atomic E-state index is 0.0000189. The Bertz CT molecular complexity index is 786. The predicted molar refractivity (Wildman–Crippen MR) is 112 cm³/mol. The van der Waals surface area contributed by atoms with Gasteiger partial charge in [0.2, 0.25) is 11.9 Å². The van der Waals surface area contributed by atoms with Crippen LogP contribution in [0.25, 0.3) is 0 Å². The van der Waals surface area contributed by atoms with E-state index in [4.69, 9.17) is 5.73 Å². The summed E-state index contributed by atoms with van der Waals surface area (Å²) in [4.78, 5) is 20.9. The van der Waals surface area contributed by atoms with E-state index in [9.17, 15) is 10.1 Å². The van der Waals surface area contributed by atoms with Gasteiger partial charge in [0, 0.05) is 6.04 Å². The maximum atomic E-state index is 12.7. The average Bonchev–Trinajstić information content (AvgIpc) is 2.64. The van der Waals surface area contributed by atoms with Crippen LogP contribution in [0.1, 0.15) is 51.0 Å². The number of thioether (sulfide) groups is 2. The highest BCUT2D eigenvalue weighted by Crippen LogP contribution is 2.61. The lowest BCUT2D eigenvalue weighted by atomic mass is 9.48. The fourth-order valence-electron chi connectivity index (χ4n) is 6.06. The van der Waals surface area contributed by atoms with Gasteiger partial charge in [-0.25, -0.2) is 9.97 Å². The zero-order valence-corrected chi connectivity index (χ0v) is 18.0. The van der Waals surface area contributed by atoms with E-state index in [2.05, 4.69) is 28.3 Å². The zero-order chi connectivity index (χ0) is 19.9. The smallest absolute Gasteiger partial charge is 0.230 e. The Kier molecular flexibility index (Phi) is 5.49. The van der Waals surface area contributed by atoms with Crippen molar-refractivity contribution < 1.29 is 4.79 Å². The number of carbonyl (C=O) groups is 1. The SMILES string of the molecule is CSc1nc(N)nc(SCC(=O)NC(C)C23CC4CC(CC(C4)C2)C3)c1C#N. The van der Waals surface area contributed by atoms with Crippen LogP contribution >= 0.6 is 23.5 Å². The quantitative estimate of drug-likeness (QED) is 0.539. The van der Waals surface area contributed by atoms with Crippen LogP contribution in [-0.4, -0.2) is 33.9 Å². The lowest BCUT2D eigenvalue weighted by Crippen LogP contribution is -2.56. The molecule has 1 atom stereocenters. The molecule has 4 aliphatic carbocycles. The van der Waals surface area contributed by atoms with E-state index in [0.29, 0.717) is 15.6 Å². The molecule has 1 heterocycles. The van der Waals surface area contributed by atoms with Gasteiger partial charge in [-0.3, -0.25) is 4.79 Å². The van der Waals surface area contributed by atoms with E-state index in [1.165, 1.54) is 62.0 Å². The second kappa shape index (κ2) is 7.75. The van der Waals surface area contributed by atoms with Crippen molar-refractivity contribution >= 4 is 35.4 Å². The molecule has 8 heteroatoms. The van der Waals surface area contributed by atoms with Crippen molar-refractivity contribution in [3.63, 3.8) is 0 Å². The molecule has 0 radical (unpaired) electrons. The van der Waals surface area contributed by atoms with Gasteiger partial charge in [0.15, 0.2) is 0 Å². The number of nitrogens with two attached hydrogens (primary N) is 1. The third-order valence-corrected chi connectivity index (χ3v) is 8.54. The van der Waals surface area contributed by atoms with Crippen LogP contribution in [0.2, 0.25) is 0 Å². The molecule has 4 aliphatic rings. The minimum absolute atomic E-state index is 0.0000189. The van der Waals surface area contributed by atoms with Crippen molar-refractivity contribution in [2.24, 2.45) is 23.2 Å². The zero-order valence-electron chi connectivity index (χ0n) is 16.4. The van der Waals surface area contributed by atoms with Gasteiger partial charge in [-0.1, -0.05) is 11.8 Å². The summed E-state index contributed by atoms with van der Waals surface area (Å²) in [5, 5.41) is 13.7. The number of nitrogen functional groups attached to an aromatic ring is 1. The summed E-state index contributed by atoms with van der Waals surface area (Å²) in [6, 6.07) is 2.34. The van der Waals surface area contributed by atoms with Gasteiger partial charge in [0.25, 0.3) is 0 Å². The Morgan fingerprint density at radius 1 is 1.25 bits per heavy atom. The predicted octanol–water partition coefficient (Wildman–Crippen LogP) is 3.47. The number of amides is 1. The molecule has 1 amide bonds. The molecule has 6 nitrogen and oxygen atoms in total. The van der Waals surface area contributed by atoms with Crippen LogP contribution in [0.3, 0.4) is 0 Å². The van der Waals surface area contributed by atoms with Crippen molar-refractivity contribution in [2.75, 3.05) is 17.7 Å². The molecule has 28 heavy (non-hydrogen) atoms. The Morgan fingerprint density at radius 2 is 1.82 bits per heavy atom. The van der Waals surface area contributed by atoms with Gasteiger partial charge in [-0.2, -0.15) is 5.26 Å². The van der Waals surface area contributed by atoms with Gasteiger partial charge in [0.1, 0.15) is 21.7 Å². The molecule has 1 aromatic rings. The molecule has 1 unspecified atom stereocenters. The van der Waals surface area contributed by atoms with Crippen LogP contribution < -0.4 is 11.1 Å². The summed E-state index contributed by atoms with van der Waals surface area (Å²) in [7, 11) is 0. The second-order valence-electron chi connectivity index (χ2n) is 8.74. The molecular weight excluding hydrogens is 390 g/mol. The molecule has 0 aromatic carbocycles. The van der Waals surface area contributed by atoms with Gasteiger partial charge < -0.3 is 11.1 Å². The van der Waals surface area contributed by atoms with Crippen molar-refractivity contribution in [3.05, 3.63) is 5.56 Å². The molecule has 4 fully saturated rings. The molecule has 0 saturated heterocycles. The molecule has 150 valence electrons. The van der Waals surface area contributed by atoms with Crippen molar-refractivity contribution in [1.29, 1.82) is 5.26 Å². The third kappa shape index (κ3) is 3.71. The van der Waals surface area contributed by atoms with Crippen molar-refractivity contribution in [3.8, 4) is 6.07 Å². The number of carbonyl (C=O) groups excluding carboxylic acids is 1. The first-order chi connectivity index (χ1) is 13.4. The lowest BCUT2D eigenvalue weighted by molar-refractivity contribution is -0.123. The van der Waals surface area contributed by atoms with Gasteiger partial charge >= 0.3 is 0 Å². The second-order valence-corrected chi connectivity index (χ2v) is 10.5. The molecule has 0 spiro atoms. The number of nitriles is 1. The van der Waals surface area contributed by atoms with Crippen molar-refractivity contribution in [1.82, 2.24) is 15.3 Å². The number of anilines is 1.